The van der Waals surface area contributed by atoms with Crippen LogP contribution in [0.4, 0.5) is 0 Å². The van der Waals surface area contributed by atoms with Crippen LogP contribution in [-0.4, -0.2) is 16.2 Å². The Morgan fingerprint density at radius 1 is 1.40 bits per heavy atom. The van der Waals surface area contributed by atoms with E-state index in [2.05, 4.69) is 39.8 Å². The van der Waals surface area contributed by atoms with E-state index < -0.39 is 0 Å². The number of aromatic nitrogens is 2. The van der Waals surface area contributed by atoms with E-state index in [1.807, 2.05) is 19.2 Å². The topological polar surface area (TPSA) is 27.1 Å². The molecule has 0 fully saturated rings. The number of allylic oxidation sites excluding steroid dienone is 2. The monoisotopic (exact) mass is 328 g/mol. The van der Waals surface area contributed by atoms with Gasteiger partial charge in [-0.1, -0.05) is 18.1 Å². The molecule has 0 saturated carbocycles. The number of ether oxygens (including phenoxy) is 1. The normalized spacial score (nSPS) is 21.0. The van der Waals surface area contributed by atoms with Crippen molar-refractivity contribution in [1.29, 1.82) is 0 Å². The molecule has 0 saturated heterocycles. The molecule has 0 amide bonds. The summed E-state index contributed by atoms with van der Waals surface area (Å²) in [6, 6.07) is 6.34. The highest BCUT2D eigenvalue weighted by atomic mass is 16.5. The molecule has 124 valence electrons. The Hall–Kier alpha value is -2.57. The minimum atomic E-state index is 0.0578. The second-order valence-electron chi connectivity index (χ2n) is 6.90. The van der Waals surface area contributed by atoms with Crippen molar-refractivity contribution in [1.82, 2.24) is 9.55 Å². The molecule has 3 nitrogen and oxygen atoms in total. The summed E-state index contributed by atoms with van der Waals surface area (Å²) in [5, 5.41) is 2.51. The van der Waals surface area contributed by atoms with Gasteiger partial charge in [0.05, 0.1) is 5.52 Å². The Kier molecular flexibility index (Phi) is 3.07. The summed E-state index contributed by atoms with van der Waals surface area (Å²) >= 11 is 0. The molecule has 0 radical (unpaired) electrons. The lowest BCUT2D eigenvalue weighted by atomic mass is 9.88. The van der Waals surface area contributed by atoms with Gasteiger partial charge in [-0.3, -0.25) is 0 Å². The highest BCUT2D eigenvalue weighted by Crippen LogP contribution is 2.61. The Balaban J connectivity index is 1.88. The van der Waals surface area contributed by atoms with E-state index >= 15 is 0 Å². The third kappa shape index (κ3) is 1.83. The minimum absolute atomic E-state index is 0.0578. The van der Waals surface area contributed by atoms with Crippen molar-refractivity contribution in [3.63, 3.8) is 0 Å². The van der Waals surface area contributed by atoms with Crippen molar-refractivity contribution in [3.05, 3.63) is 53.2 Å². The quantitative estimate of drug-likeness (QED) is 0.523. The Bertz CT molecular complexity index is 1080. The number of nitrogens with zero attached hydrogens (tertiary/aromatic N) is 2. The molecule has 5 rings (SSSR count). The molecule has 2 aliphatic carbocycles. The first-order chi connectivity index (χ1) is 12.3. The van der Waals surface area contributed by atoms with Gasteiger partial charge in [0, 0.05) is 34.6 Å². The number of rotatable bonds is 3. The molecule has 0 bridgehead atoms. The summed E-state index contributed by atoms with van der Waals surface area (Å²) in [7, 11) is 0. The van der Waals surface area contributed by atoms with E-state index in [4.69, 9.17) is 11.2 Å². The number of pyridine rings is 1. The predicted molar refractivity (Wildman–Crippen MR) is 101 cm³/mol. The SMILES string of the molecule is C#Cc1cc2c(c3c1C31C=CCCC1)c1cccnc1n2COCC. The van der Waals surface area contributed by atoms with Crippen molar-refractivity contribution < 1.29 is 4.74 Å². The second kappa shape index (κ2) is 5.21. The van der Waals surface area contributed by atoms with E-state index in [0.29, 0.717) is 13.3 Å². The van der Waals surface area contributed by atoms with Crippen LogP contribution in [0.2, 0.25) is 0 Å². The highest BCUT2D eigenvalue weighted by Gasteiger charge is 2.52. The predicted octanol–water partition coefficient (Wildman–Crippen LogP) is 4.50. The van der Waals surface area contributed by atoms with Gasteiger partial charge in [-0.25, -0.2) is 4.98 Å². The third-order valence-electron chi connectivity index (χ3n) is 5.66. The molecule has 2 heterocycles. The van der Waals surface area contributed by atoms with Crippen LogP contribution in [-0.2, 0) is 16.9 Å². The fourth-order valence-electron chi connectivity index (χ4n) is 4.58. The number of benzene rings is 1. The standard InChI is InChI=1S/C22H20N2O/c1-3-15-13-17-18(20-19(15)22(20)10-6-5-7-11-22)16-9-8-12-23-21(16)24(17)14-25-4-2/h1,6,8-10,12-13H,4-5,7,11,14H2,2H3. The van der Waals surface area contributed by atoms with Crippen molar-refractivity contribution in [2.45, 2.75) is 38.3 Å². The molecule has 1 unspecified atom stereocenters. The van der Waals surface area contributed by atoms with E-state index in [1.54, 1.807) is 0 Å². The lowest BCUT2D eigenvalue weighted by Gasteiger charge is -2.15. The molecule has 2 aliphatic rings. The van der Waals surface area contributed by atoms with Gasteiger partial charge in [0.2, 0.25) is 0 Å². The first kappa shape index (κ1) is 14.7. The van der Waals surface area contributed by atoms with Gasteiger partial charge in [-0.05, 0) is 55.5 Å². The van der Waals surface area contributed by atoms with E-state index in [-0.39, 0.29) is 5.41 Å². The largest absolute Gasteiger partial charge is 0.361 e. The summed E-state index contributed by atoms with van der Waals surface area (Å²) in [5.74, 6) is 2.93. The smallest absolute Gasteiger partial charge is 0.142 e. The maximum Gasteiger partial charge on any atom is 0.142 e. The maximum atomic E-state index is 5.88. The van der Waals surface area contributed by atoms with Crippen molar-refractivity contribution in [2.75, 3.05) is 6.61 Å². The molecular formula is C22H20N2O. The van der Waals surface area contributed by atoms with Crippen LogP contribution in [0.3, 0.4) is 0 Å². The van der Waals surface area contributed by atoms with Crippen LogP contribution in [0.1, 0.15) is 42.9 Å². The van der Waals surface area contributed by atoms with Crippen molar-refractivity contribution >= 4 is 21.9 Å². The summed E-state index contributed by atoms with van der Waals surface area (Å²) < 4.78 is 7.88. The van der Waals surface area contributed by atoms with Crippen molar-refractivity contribution in [3.8, 4) is 12.3 Å². The van der Waals surface area contributed by atoms with Gasteiger partial charge in [-0.15, -0.1) is 6.42 Å². The Labute approximate surface area is 147 Å². The minimum Gasteiger partial charge on any atom is -0.361 e. The third-order valence-corrected chi connectivity index (χ3v) is 5.66. The number of fused-ring (bicyclic) bond motifs is 7. The lowest BCUT2D eigenvalue weighted by Crippen LogP contribution is -2.07. The zero-order valence-corrected chi connectivity index (χ0v) is 14.4. The molecular weight excluding hydrogens is 308 g/mol. The molecule has 0 N–H and O–H groups in total. The van der Waals surface area contributed by atoms with Gasteiger partial charge in [0.15, 0.2) is 0 Å². The molecule has 1 aromatic carbocycles. The average Bonchev–Trinajstić information content (AvgIpc) is 3.16. The zero-order valence-electron chi connectivity index (χ0n) is 14.4. The van der Waals surface area contributed by atoms with Gasteiger partial charge in [-0.2, -0.15) is 0 Å². The van der Waals surface area contributed by atoms with E-state index in [1.165, 1.54) is 28.3 Å². The van der Waals surface area contributed by atoms with Gasteiger partial charge in [0.25, 0.3) is 0 Å². The fourth-order valence-corrected chi connectivity index (χ4v) is 4.58. The van der Waals surface area contributed by atoms with Crippen LogP contribution in [0.15, 0.2) is 36.5 Å². The molecule has 3 heteroatoms. The molecule has 1 spiro atoms. The van der Waals surface area contributed by atoms with Crippen LogP contribution >= 0.6 is 0 Å². The Morgan fingerprint density at radius 3 is 3.08 bits per heavy atom. The first-order valence-electron chi connectivity index (χ1n) is 8.98. The summed E-state index contributed by atoms with van der Waals surface area (Å²) in [6.07, 6.45) is 16.0. The number of hydrogen-bond donors (Lipinski definition) is 0. The van der Waals surface area contributed by atoms with E-state index in [9.17, 15) is 0 Å². The maximum absolute atomic E-state index is 5.88. The van der Waals surface area contributed by atoms with Gasteiger partial charge < -0.3 is 9.30 Å². The van der Waals surface area contributed by atoms with Gasteiger partial charge in [0.1, 0.15) is 12.4 Å². The molecule has 0 aliphatic heterocycles. The van der Waals surface area contributed by atoms with Gasteiger partial charge >= 0.3 is 0 Å². The summed E-state index contributed by atoms with van der Waals surface area (Å²) in [4.78, 5) is 4.64. The first-order valence-corrected chi connectivity index (χ1v) is 8.98. The average molecular weight is 328 g/mol. The van der Waals surface area contributed by atoms with Crippen LogP contribution in [0, 0.1) is 12.3 Å². The van der Waals surface area contributed by atoms with Crippen LogP contribution < -0.4 is 0 Å². The molecule has 2 aromatic heterocycles. The Morgan fingerprint density at radius 2 is 2.32 bits per heavy atom. The highest BCUT2D eigenvalue weighted by molar-refractivity contribution is 6.13. The van der Waals surface area contributed by atoms with Crippen molar-refractivity contribution in [2.24, 2.45) is 0 Å². The zero-order chi connectivity index (χ0) is 17.0. The number of terminal acetylenes is 1. The summed E-state index contributed by atoms with van der Waals surface area (Å²) in [5.41, 5.74) is 5.98. The van der Waals surface area contributed by atoms with Crippen LogP contribution in [0.25, 0.3) is 21.9 Å². The molecule has 25 heavy (non-hydrogen) atoms. The molecule has 1 atom stereocenters. The molecule has 3 aromatic rings. The summed E-state index contributed by atoms with van der Waals surface area (Å²) in [6.45, 7) is 3.18. The fraction of sp³-hybridized carbons (Fsp3) is 0.318. The second-order valence-corrected chi connectivity index (χ2v) is 6.90. The number of hydrogen-bond acceptors (Lipinski definition) is 2. The lowest BCUT2D eigenvalue weighted by molar-refractivity contribution is 0.0932. The van der Waals surface area contributed by atoms with E-state index in [0.717, 1.165) is 29.6 Å². The van der Waals surface area contributed by atoms with Crippen LogP contribution in [0.5, 0.6) is 0 Å².